The van der Waals surface area contributed by atoms with E-state index in [0.29, 0.717) is 0 Å². The molecule has 2 nitrogen and oxygen atoms in total. The highest BCUT2D eigenvalue weighted by Crippen LogP contribution is 2.36. The lowest BCUT2D eigenvalue weighted by atomic mass is 10.0. The highest BCUT2D eigenvalue weighted by Gasteiger charge is 2.26. The second-order valence-corrected chi connectivity index (χ2v) is 5.99. The number of nitrogens with zero attached hydrogens (tertiary/aromatic N) is 1. The summed E-state index contributed by atoms with van der Waals surface area (Å²) < 4.78 is 0. The van der Waals surface area contributed by atoms with Crippen LogP contribution in [0.3, 0.4) is 0 Å². The molecule has 1 aromatic rings. The minimum Gasteiger partial charge on any atom is -0.370 e. The minimum absolute atomic E-state index is 0.143. The predicted octanol–water partition coefficient (Wildman–Crippen LogP) is 3.26. The summed E-state index contributed by atoms with van der Waals surface area (Å²) in [6.07, 6.45) is 6.90. The van der Waals surface area contributed by atoms with E-state index in [1.807, 2.05) is 0 Å². The maximum Gasteiger partial charge on any atom is 0.0447 e. The number of benzene rings is 1. The first-order chi connectivity index (χ1) is 8.75. The average Bonchev–Trinajstić information content (AvgIpc) is 2.99. The number of anilines is 1. The zero-order valence-electron chi connectivity index (χ0n) is 11.4. The molecule has 1 fully saturated rings. The molecule has 98 valence electrons. The maximum absolute atomic E-state index is 6.13. The van der Waals surface area contributed by atoms with Crippen LogP contribution in [0, 0.1) is 5.92 Å². The van der Waals surface area contributed by atoms with Gasteiger partial charge in [-0.05, 0) is 43.2 Å². The fourth-order valence-corrected chi connectivity index (χ4v) is 3.62. The quantitative estimate of drug-likeness (QED) is 0.884. The topological polar surface area (TPSA) is 29.3 Å². The first kappa shape index (κ1) is 12.0. The Labute approximate surface area is 110 Å². The summed E-state index contributed by atoms with van der Waals surface area (Å²) in [6.45, 7) is 4.54. The van der Waals surface area contributed by atoms with Gasteiger partial charge in [-0.25, -0.2) is 0 Å². The molecule has 1 heterocycles. The Balaban J connectivity index is 1.84. The Kier molecular flexibility index (Phi) is 3.29. The predicted molar refractivity (Wildman–Crippen MR) is 76.9 cm³/mol. The van der Waals surface area contributed by atoms with Crippen LogP contribution in [0.2, 0.25) is 0 Å². The van der Waals surface area contributed by atoms with Crippen molar-refractivity contribution in [2.45, 2.75) is 45.1 Å². The van der Waals surface area contributed by atoms with Crippen molar-refractivity contribution < 1.29 is 0 Å². The molecule has 0 saturated heterocycles. The molecule has 2 aliphatic rings. The molecule has 1 aromatic carbocycles. The normalized spacial score (nSPS) is 21.3. The van der Waals surface area contributed by atoms with Crippen LogP contribution in [0.4, 0.5) is 5.69 Å². The van der Waals surface area contributed by atoms with Crippen molar-refractivity contribution in [2.24, 2.45) is 11.7 Å². The Morgan fingerprint density at radius 2 is 2.11 bits per heavy atom. The molecule has 0 spiro atoms. The first-order valence-corrected chi connectivity index (χ1v) is 7.38. The SMILES string of the molecule is CC(N)c1cccc2c1N(CC1CCCC1)CC2. The Morgan fingerprint density at radius 1 is 1.33 bits per heavy atom. The van der Waals surface area contributed by atoms with Gasteiger partial charge in [-0.1, -0.05) is 31.0 Å². The molecule has 0 amide bonds. The van der Waals surface area contributed by atoms with E-state index in [9.17, 15) is 0 Å². The summed E-state index contributed by atoms with van der Waals surface area (Å²) in [4.78, 5) is 2.60. The standard InChI is InChI=1S/C16H24N2/c1-12(17)15-8-4-7-14-9-10-18(16(14)15)11-13-5-2-3-6-13/h4,7-8,12-13H,2-3,5-6,9-11,17H2,1H3. The Bertz CT molecular complexity index is 419. The number of para-hydroxylation sites is 1. The number of hydrogen-bond acceptors (Lipinski definition) is 2. The Hall–Kier alpha value is -1.02. The minimum atomic E-state index is 0.143. The van der Waals surface area contributed by atoms with E-state index in [1.165, 1.54) is 62.0 Å². The summed E-state index contributed by atoms with van der Waals surface area (Å²) in [5.74, 6) is 0.914. The molecule has 3 rings (SSSR count). The van der Waals surface area contributed by atoms with Gasteiger partial charge in [0.2, 0.25) is 0 Å². The number of rotatable bonds is 3. The van der Waals surface area contributed by atoms with Gasteiger partial charge < -0.3 is 10.6 Å². The molecule has 18 heavy (non-hydrogen) atoms. The van der Waals surface area contributed by atoms with E-state index in [4.69, 9.17) is 5.73 Å². The molecule has 1 unspecified atom stereocenters. The van der Waals surface area contributed by atoms with E-state index in [-0.39, 0.29) is 6.04 Å². The van der Waals surface area contributed by atoms with Gasteiger partial charge >= 0.3 is 0 Å². The zero-order valence-corrected chi connectivity index (χ0v) is 11.4. The smallest absolute Gasteiger partial charge is 0.0447 e. The molecule has 1 atom stereocenters. The fraction of sp³-hybridized carbons (Fsp3) is 0.625. The van der Waals surface area contributed by atoms with E-state index < -0.39 is 0 Å². The molecule has 2 N–H and O–H groups in total. The van der Waals surface area contributed by atoms with Gasteiger partial charge in [-0.2, -0.15) is 0 Å². The van der Waals surface area contributed by atoms with Crippen LogP contribution in [0.5, 0.6) is 0 Å². The summed E-state index contributed by atoms with van der Waals surface area (Å²) in [5, 5.41) is 0. The van der Waals surface area contributed by atoms with Gasteiger partial charge in [0, 0.05) is 24.8 Å². The van der Waals surface area contributed by atoms with Crippen LogP contribution in [0.15, 0.2) is 18.2 Å². The van der Waals surface area contributed by atoms with Crippen molar-refractivity contribution in [1.82, 2.24) is 0 Å². The molecule has 1 aliphatic heterocycles. The second-order valence-electron chi connectivity index (χ2n) is 5.99. The lowest BCUT2D eigenvalue weighted by molar-refractivity contribution is 0.537. The van der Waals surface area contributed by atoms with Crippen molar-refractivity contribution >= 4 is 5.69 Å². The van der Waals surface area contributed by atoms with Crippen LogP contribution in [-0.4, -0.2) is 13.1 Å². The molecule has 0 aromatic heterocycles. The third kappa shape index (κ3) is 2.14. The second kappa shape index (κ2) is 4.93. The van der Waals surface area contributed by atoms with E-state index in [1.54, 1.807) is 0 Å². The molecule has 2 heteroatoms. The zero-order chi connectivity index (χ0) is 12.5. The summed E-state index contributed by atoms with van der Waals surface area (Å²) >= 11 is 0. The largest absolute Gasteiger partial charge is 0.370 e. The van der Waals surface area contributed by atoms with Crippen LogP contribution in [0.1, 0.15) is 49.8 Å². The highest BCUT2D eigenvalue weighted by molar-refractivity contribution is 5.64. The fourth-order valence-electron chi connectivity index (χ4n) is 3.62. The first-order valence-electron chi connectivity index (χ1n) is 7.38. The monoisotopic (exact) mass is 244 g/mol. The van der Waals surface area contributed by atoms with E-state index in [0.717, 1.165) is 5.92 Å². The van der Waals surface area contributed by atoms with Gasteiger partial charge in [-0.15, -0.1) is 0 Å². The maximum atomic E-state index is 6.13. The van der Waals surface area contributed by atoms with Gasteiger partial charge in [0.25, 0.3) is 0 Å². The molecule has 1 saturated carbocycles. The third-order valence-corrected chi connectivity index (χ3v) is 4.56. The number of fused-ring (bicyclic) bond motifs is 1. The number of hydrogen-bond donors (Lipinski definition) is 1. The van der Waals surface area contributed by atoms with Gasteiger partial charge in [-0.3, -0.25) is 0 Å². The van der Waals surface area contributed by atoms with E-state index in [2.05, 4.69) is 30.0 Å². The van der Waals surface area contributed by atoms with Crippen LogP contribution in [-0.2, 0) is 6.42 Å². The molecular weight excluding hydrogens is 220 g/mol. The van der Waals surface area contributed by atoms with Gasteiger partial charge in [0.05, 0.1) is 0 Å². The molecule has 0 bridgehead atoms. The Morgan fingerprint density at radius 3 is 2.83 bits per heavy atom. The third-order valence-electron chi connectivity index (χ3n) is 4.56. The average molecular weight is 244 g/mol. The van der Waals surface area contributed by atoms with Crippen molar-refractivity contribution in [2.75, 3.05) is 18.0 Å². The molecular formula is C16H24N2. The lowest BCUT2D eigenvalue weighted by Crippen LogP contribution is -2.28. The van der Waals surface area contributed by atoms with Crippen molar-refractivity contribution in [1.29, 1.82) is 0 Å². The van der Waals surface area contributed by atoms with Crippen molar-refractivity contribution in [3.8, 4) is 0 Å². The highest BCUT2D eigenvalue weighted by atomic mass is 15.2. The summed E-state index contributed by atoms with van der Waals surface area (Å²) in [6, 6.07) is 6.78. The van der Waals surface area contributed by atoms with Crippen molar-refractivity contribution in [3.63, 3.8) is 0 Å². The number of nitrogens with two attached hydrogens (primary N) is 1. The van der Waals surface area contributed by atoms with Crippen LogP contribution < -0.4 is 10.6 Å². The van der Waals surface area contributed by atoms with Gasteiger partial charge in [0.15, 0.2) is 0 Å². The van der Waals surface area contributed by atoms with Crippen molar-refractivity contribution in [3.05, 3.63) is 29.3 Å². The van der Waals surface area contributed by atoms with Gasteiger partial charge in [0.1, 0.15) is 0 Å². The lowest BCUT2D eigenvalue weighted by Gasteiger charge is -2.26. The van der Waals surface area contributed by atoms with E-state index >= 15 is 0 Å². The summed E-state index contributed by atoms with van der Waals surface area (Å²) in [7, 11) is 0. The molecule has 0 radical (unpaired) electrons. The van der Waals surface area contributed by atoms with Crippen LogP contribution >= 0.6 is 0 Å². The molecule has 1 aliphatic carbocycles. The van der Waals surface area contributed by atoms with Crippen LogP contribution in [0.25, 0.3) is 0 Å². The summed E-state index contributed by atoms with van der Waals surface area (Å²) in [5.41, 5.74) is 10.4.